The summed E-state index contributed by atoms with van der Waals surface area (Å²) < 4.78 is 29.1. The molecule has 0 aromatic heterocycles. The van der Waals surface area contributed by atoms with Gasteiger partial charge in [-0.2, -0.15) is 4.31 Å². The molecule has 1 saturated heterocycles. The van der Waals surface area contributed by atoms with Gasteiger partial charge in [-0.05, 0) is 31.9 Å². The van der Waals surface area contributed by atoms with Crippen molar-refractivity contribution >= 4 is 55.2 Å². The lowest BCUT2D eigenvalue weighted by Crippen LogP contribution is -2.42. The van der Waals surface area contributed by atoms with E-state index in [1.54, 1.807) is 16.4 Å². The molecule has 0 saturated carbocycles. The Balaban J connectivity index is 2.39. The van der Waals surface area contributed by atoms with Gasteiger partial charge in [-0.1, -0.05) is 62.9 Å². The van der Waals surface area contributed by atoms with E-state index >= 15 is 0 Å². The van der Waals surface area contributed by atoms with Gasteiger partial charge < -0.3 is 0 Å². The van der Waals surface area contributed by atoms with Crippen LogP contribution in [0.15, 0.2) is 29.2 Å². The molecule has 1 aliphatic heterocycles. The molecule has 0 spiro atoms. The molecular weight excluding hydrogens is 488 g/mol. The molecule has 2 atom stereocenters. The van der Waals surface area contributed by atoms with Crippen LogP contribution >= 0.6 is 45.2 Å². The first-order chi connectivity index (χ1) is 9.00. The Morgan fingerprint density at radius 3 is 2.00 bits per heavy atom. The highest BCUT2D eigenvalue weighted by Crippen LogP contribution is 2.33. The molecule has 0 aliphatic carbocycles. The fourth-order valence-electron chi connectivity index (χ4n) is 2.45. The van der Waals surface area contributed by atoms with Crippen LogP contribution in [-0.4, -0.2) is 33.7 Å². The highest BCUT2D eigenvalue weighted by atomic mass is 127. The first-order valence-corrected chi connectivity index (χ1v) is 10.7. The highest BCUT2D eigenvalue weighted by molar-refractivity contribution is 14.1. The third kappa shape index (κ3) is 3.26. The first-order valence-electron chi connectivity index (χ1n) is 6.23. The molecule has 0 bridgehead atoms. The molecule has 0 amide bonds. The Morgan fingerprint density at radius 1 is 1.11 bits per heavy atom. The Hall–Kier alpha value is 0.590. The van der Waals surface area contributed by atoms with Crippen molar-refractivity contribution in [3.63, 3.8) is 0 Å². The maximum Gasteiger partial charge on any atom is 0.243 e. The molecule has 3 nitrogen and oxygen atoms in total. The van der Waals surface area contributed by atoms with Gasteiger partial charge >= 0.3 is 0 Å². The molecule has 1 fully saturated rings. The summed E-state index contributed by atoms with van der Waals surface area (Å²) >= 11 is 4.57. The summed E-state index contributed by atoms with van der Waals surface area (Å²) in [4.78, 5) is 0.421. The second-order valence-electron chi connectivity index (χ2n) is 4.84. The average molecular weight is 505 g/mol. The Labute approximate surface area is 142 Å². The third-order valence-corrected chi connectivity index (χ3v) is 7.56. The van der Waals surface area contributed by atoms with Gasteiger partial charge in [0.25, 0.3) is 0 Å². The topological polar surface area (TPSA) is 37.4 Å². The lowest BCUT2D eigenvalue weighted by atomic mass is 10.2. The summed E-state index contributed by atoms with van der Waals surface area (Å²) in [5, 5.41) is 0. The summed E-state index contributed by atoms with van der Waals surface area (Å²) in [6, 6.07) is 7.45. The van der Waals surface area contributed by atoms with Crippen molar-refractivity contribution in [2.75, 3.05) is 8.86 Å². The van der Waals surface area contributed by atoms with E-state index in [-0.39, 0.29) is 12.1 Å². The zero-order chi connectivity index (χ0) is 14.0. The predicted molar refractivity (Wildman–Crippen MR) is 94.8 cm³/mol. The standard InChI is InChI=1S/C13H17I2NO2S/c1-10-2-6-13(7-3-10)19(17,18)16-11(8-14)4-5-12(16)9-15/h2-3,6-7,11-12H,4-5,8-9H2,1H3/t11-,12-/m0/s1. The van der Waals surface area contributed by atoms with Crippen molar-refractivity contribution in [3.8, 4) is 0 Å². The Kier molecular flexibility index (Phi) is 5.52. The molecule has 19 heavy (non-hydrogen) atoms. The van der Waals surface area contributed by atoms with Crippen LogP contribution in [0.25, 0.3) is 0 Å². The van der Waals surface area contributed by atoms with Gasteiger partial charge in [0.05, 0.1) is 4.90 Å². The summed E-state index contributed by atoms with van der Waals surface area (Å²) in [6.07, 6.45) is 1.95. The Bertz CT molecular complexity index is 518. The summed E-state index contributed by atoms with van der Waals surface area (Å²) in [5.74, 6) is 0. The van der Waals surface area contributed by atoms with Gasteiger partial charge in [0.1, 0.15) is 0 Å². The number of benzene rings is 1. The van der Waals surface area contributed by atoms with E-state index in [0.717, 1.165) is 27.3 Å². The fourth-order valence-corrected chi connectivity index (χ4v) is 6.58. The van der Waals surface area contributed by atoms with Crippen LogP contribution in [0.4, 0.5) is 0 Å². The number of rotatable bonds is 4. The molecule has 0 radical (unpaired) electrons. The van der Waals surface area contributed by atoms with E-state index in [1.165, 1.54) is 0 Å². The molecule has 1 aliphatic rings. The number of halogens is 2. The van der Waals surface area contributed by atoms with Crippen LogP contribution in [0.1, 0.15) is 18.4 Å². The second-order valence-corrected chi connectivity index (χ2v) is 8.45. The van der Waals surface area contributed by atoms with E-state index < -0.39 is 10.0 Å². The largest absolute Gasteiger partial charge is 0.243 e. The van der Waals surface area contributed by atoms with Crippen LogP contribution in [0.2, 0.25) is 0 Å². The first kappa shape index (κ1) is 16.0. The van der Waals surface area contributed by atoms with Crippen molar-refractivity contribution < 1.29 is 8.42 Å². The maximum atomic E-state index is 12.8. The monoisotopic (exact) mass is 505 g/mol. The van der Waals surface area contributed by atoms with E-state index in [4.69, 9.17) is 0 Å². The SMILES string of the molecule is Cc1ccc(S(=O)(=O)N2[C@H](CI)CC[C@H]2CI)cc1. The number of hydrogen-bond acceptors (Lipinski definition) is 2. The molecule has 2 rings (SSSR count). The van der Waals surface area contributed by atoms with Gasteiger partial charge in [0.15, 0.2) is 0 Å². The lowest BCUT2D eigenvalue weighted by molar-refractivity contribution is 0.361. The molecular formula is C13H17I2NO2S. The van der Waals surface area contributed by atoms with E-state index in [9.17, 15) is 8.42 Å². The minimum Gasteiger partial charge on any atom is -0.207 e. The number of hydrogen-bond donors (Lipinski definition) is 0. The van der Waals surface area contributed by atoms with Crippen LogP contribution in [0.3, 0.4) is 0 Å². The zero-order valence-corrected chi connectivity index (χ0v) is 15.9. The van der Waals surface area contributed by atoms with Crippen LogP contribution < -0.4 is 0 Å². The van der Waals surface area contributed by atoms with E-state index in [1.807, 2.05) is 19.1 Å². The predicted octanol–water partition coefficient (Wildman–Crippen LogP) is 3.39. The molecule has 1 aromatic rings. The highest BCUT2D eigenvalue weighted by Gasteiger charge is 2.40. The molecule has 1 aromatic carbocycles. The average Bonchev–Trinajstić information content (AvgIpc) is 2.82. The lowest BCUT2D eigenvalue weighted by Gasteiger charge is -2.27. The molecule has 106 valence electrons. The fraction of sp³-hybridized carbons (Fsp3) is 0.538. The summed E-state index contributed by atoms with van der Waals surface area (Å²) in [6.45, 7) is 1.97. The minimum atomic E-state index is -3.35. The number of aryl methyl sites for hydroxylation is 1. The van der Waals surface area contributed by atoms with Gasteiger partial charge in [-0.15, -0.1) is 0 Å². The van der Waals surface area contributed by atoms with Crippen LogP contribution in [0.5, 0.6) is 0 Å². The molecule has 6 heteroatoms. The molecule has 0 N–H and O–H groups in total. The normalized spacial score (nSPS) is 24.8. The van der Waals surface area contributed by atoms with Gasteiger partial charge in [0.2, 0.25) is 10.0 Å². The van der Waals surface area contributed by atoms with Gasteiger partial charge in [-0.3, -0.25) is 0 Å². The van der Waals surface area contributed by atoms with Crippen molar-refractivity contribution in [2.24, 2.45) is 0 Å². The van der Waals surface area contributed by atoms with E-state index in [2.05, 4.69) is 45.2 Å². The summed E-state index contributed by atoms with van der Waals surface area (Å²) in [7, 11) is -3.35. The van der Waals surface area contributed by atoms with Crippen LogP contribution in [0, 0.1) is 6.92 Å². The van der Waals surface area contributed by atoms with Gasteiger partial charge in [0, 0.05) is 20.9 Å². The Morgan fingerprint density at radius 2 is 1.58 bits per heavy atom. The van der Waals surface area contributed by atoms with Crippen molar-refractivity contribution in [3.05, 3.63) is 29.8 Å². The van der Waals surface area contributed by atoms with Crippen molar-refractivity contribution in [1.29, 1.82) is 0 Å². The van der Waals surface area contributed by atoms with Gasteiger partial charge in [-0.25, -0.2) is 8.42 Å². The summed E-state index contributed by atoms with van der Waals surface area (Å²) in [5.41, 5.74) is 1.08. The van der Waals surface area contributed by atoms with Crippen molar-refractivity contribution in [2.45, 2.75) is 36.7 Å². The third-order valence-electron chi connectivity index (χ3n) is 3.51. The second kappa shape index (κ2) is 6.57. The molecule has 0 unspecified atom stereocenters. The van der Waals surface area contributed by atoms with E-state index in [0.29, 0.717) is 4.90 Å². The minimum absolute atomic E-state index is 0.145. The van der Waals surface area contributed by atoms with Crippen LogP contribution in [-0.2, 0) is 10.0 Å². The molecule has 1 heterocycles. The smallest absolute Gasteiger partial charge is 0.207 e. The van der Waals surface area contributed by atoms with Crippen molar-refractivity contribution in [1.82, 2.24) is 4.31 Å². The maximum absolute atomic E-state index is 12.8. The number of alkyl halides is 2. The number of nitrogens with zero attached hydrogens (tertiary/aromatic N) is 1. The number of sulfonamides is 1. The quantitative estimate of drug-likeness (QED) is 0.465. The zero-order valence-electron chi connectivity index (χ0n) is 10.7.